The van der Waals surface area contributed by atoms with E-state index in [1.165, 1.54) is 4.57 Å². The van der Waals surface area contributed by atoms with Crippen molar-refractivity contribution < 1.29 is 13.2 Å². The number of aromatic nitrogens is 2. The van der Waals surface area contributed by atoms with Crippen LogP contribution >= 0.6 is 0 Å². The van der Waals surface area contributed by atoms with Crippen molar-refractivity contribution in [3.8, 4) is 6.07 Å². The van der Waals surface area contributed by atoms with Crippen molar-refractivity contribution in [2.24, 2.45) is 7.05 Å². The Morgan fingerprint density at radius 2 is 1.86 bits per heavy atom. The molecule has 1 aromatic carbocycles. The van der Waals surface area contributed by atoms with Gasteiger partial charge in [0.1, 0.15) is 17.3 Å². The summed E-state index contributed by atoms with van der Waals surface area (Å²) in [7, 11) is 1.68. The van der Waals surface area contributed by atoms with Gasteiger partial charge < -0.3 is 9.47 Å². The molecule has 2 aromatic heterocycles. The molecule has 0 N–H and O–H groups in total. The number of nitriles is 1. The number of aryl methyl sites for hydroxylation is 1. The molecule has 4 rings (SSSR count). The second-order valence-corrected chi connectivity index (χ2v) is 9.16. The van der Waals surface area contributed by atoms with E-state index in [9.17, 15) is 23.2 Å². The van der Waals surface area contributed by atoms with Gasteiger partial charge in [0.2, 0.25) is 0 Å². The highest BCUT2D eigenvalue weighted by molar-refractivity contribution is 5.89. The maximum absolute atomic E-state index is 13.0. The van der Waals surface area contributed by atoms with Crippen molar-refractivity contribution >= 4 is 16.7 Å². The lowest BCUT2D eigenvalue weighted by Gasteiger charge is -2.48. The average Bonchev–Trinajstić information content (AvgIpc) is 2.85. The zero-order valence-corrected chi connectivity index (χ0v) is 20.2. The van der Waals surface area contributed by atoms with Gasteiger partial charge in [0.25, 0.3) is 5.56 Å². The molecule has 9 heteroatoms. The Bertz CT molecular complexity index is 1330. The molecule has 1 aliphatic heterocycles. The quantitative estimate of drug-likeness (QED) is 0.530. The predicted molar refractivity (Wildman–Crippen MR) is 129 cm³/mol. The number of pyridine rings is 2. The summed E-state index contributed by atoms with van der Waals surface area (Å²) >= 11 is 0. The van der Waals surface area contributed by atoms with Gasteiger partial charge in [0.15, 0.2) is 0 Å². The lowest BCUT2D eigenvalue weighted by atomic mass is 9.97. The summed E-state index contributed by atoms with van der Waals surface area (Å²) < 4.78 is 40.5. The Kier molecular flexibility index (Phi) is 6.60. The van der Waals surface area contributed by atoms with E-state index in [2.05, 4.69) is 34.7 Å². The minimum Gasteiger partial charge on any atom is -0.364 e. The van der Waals surface area contributed by atoms with Gasteiger partial charge in [0.05, 0.1) is 16.8 Å². The number of hydrogen-bond donors (Lipinski definition) is 0. The molecule has 0 bridgehead atoms. The van der Waals surface area contributed by atoms with Gasteiger partial charge >= 0.3 is 6.18 Å². The topological polar surface area (TPSA) is 65.2 Å². The molecule has 1 aliphatic rings. The van der Waals surface area contributed by atoms with Crippen LogP contribution in [0.3, 0.4) is 0 Å². The Balaban J connectivity index is 1.67. The van der Waals surface area contributed by atoms with Crippen LogP contribution in [0.4, 0.5) is 18.9 Å². The largest absolute Gasteiger partial charge is 0.416 e. The first kappa shape index (κ1) is 24.7. The summed E-state index contributed by atoms with van der Waals surface area (Å²) in [6.45, 7) is 7.45. The first-order chi connectivity index (χ1) is 16.5. The van der Waals surface area contributed by atoms with Crippen LogP contribution in [0.1, 0.15) is 50.1 Å². The molecule has 3 aromatic rings. The van der Waals surface area contributed by atoms with Gasteiger partial charge in [-0.15, -0.1) is 0 Å². The first-order valence-electron chi connectivity index (χ1n) is 11.7. The summed E-state index contributed by atoms with van der Waals surface area (Å²) in [6, 6.07) is 12.4. The Labute approximate surface area is 202 Å². The second-order valence-electron chi connectivity index (χ2n) is 9.16. The number of nitrogens with zero attached hydrogens (tertiary/aromatic N) is 5. The molecule has 1 fully saturated rings. The monoisotopic (exact) mass is 483 g/mol. The van der Waals surface area contributed by atoms with Crippen LogP contribution in [0.2, 0.25) is 0 Å². The third-order valence-electron chi connectivity index (χ3n) is 7.07. The molecule has 35 heavy (non-hydrogen) atoms. The number of benzene rings is 1. The summed E-state index contributed by atoms with van der Waals surface area (Å²) in [5.41, 5.74) is 2.28. The van der Waals surface area contributed by atoms with Crippen molar-refractivity contribution in [3.05, 3.63) is 69.6 Å². The van der Waals surface area contributed by atoms with E-state index in [4.69, 9.17) is 0 Å². The minimum absolute atomic E-state index is 0.0116. The van der Waals surface area contributed by atoms with Gasteiger partial charge in [-0.25, -0.2) is 4.98 Å². The highest BCUT2D eigenvalue weighted by Crippen LogP contribution is 2.35. The average molecular weight is 484 g/mol. The molecular weight excluding hydrogens is 455 g/mol. The molecular formula is C26H28F3N5O. The molecule has 184 valence electrons. The molecule has 1 saturated heterocycles. The molecule has 6 nitrogen and oxygen atoms in total. The van der Waals surface area contributed by atoms with E-state index < -0.39 is 11.7 Å². The SMILES string of the molecule is CC[C@@H]1CN(c2cc(=O)n(C)c3ccc(C#N)nc23)[C@@H](C)CN1C(C)c1ccc(C(F)(F)F)cc1. The van der Waals surface area contributed by atoms with Crippen molar-refractivity contribution in [3.63, 3.8) is 0 Å². The van der Waals surface area contributed by atoms with Crippen LogP contribution in [0, 0.1) is 11.3 Å². The van der Waals surface area contributed by atoms with Gasteiger partial charge in [-0.2, -0.15) is 18.4 Å². The Hall–Kier alpha value is -3.38. The van der Waals surface area contributed by atoms with Crippen LogP contribution in [-0.4, -0.2) is 39.6 Å². The Morgan fingerprint density at radius 1 is 1.17 bits per heavy atom. The fraction of sp³-hybridized carbons (Fsp3) is 0.423. The highest BCUT2D eigenvalue weighted by Gasteiger charge is 2.36. The van der Waals surface area contributed by atoms with Gasteiger partial charge in [-0.05, 0) is 50.1 Å². The summed E-state index contributed by atoms with van der Waals surface area (Å²) in [4.78, 5) is 21.7. The van der Waals surface area contributed by atoms with E-state index in [-0.39, 0.29) is 29.4 Å². The van der Waals surface area contributed by atoms with Crippen molar-refractivity contribution in [2.45, 2.75) is 51.5 Å². The smallest absolute Gasteiger partial charge is 0.364 e. The number of alkyl halides is 3. The molecule has 0 saturated carbocycles. The second kappa shape index (κ2) is 9.34. The molecule has 3 atom stereocenters. The van der Waals surface area contributed by atoms with Crippen molar-refractivity contribution in [2.75, 3.05) is 18.0 Å². The summed E-state index contributed by atoms with van der Waals surface area (Å²) in [5.74, 6) is 0. The third kappa shape index (κ3) is 4.63. The van der Waals surface area contributed by atoms with Gasteiger partial charge in [-0.1, -0.05) is 19.1 Å². The fourth-order valence-corrected chi connectivity index (χ4v) is 4.97. The number of fused-ring (bicyclic) bond motifs is 1. The van der Waals surface area contributed by atoms with Crippen LogP contribution < -0.4 is 10.5 Å². The Morgan fingerprint density at radius 3 is 2.46 bits per heavy atom. The zero-order chi connectivity index (χ0) is 25.5. The molecule has 0 radical (unpaired) electrons. The molecule has 1 unspecified atom stereocenters. The zero-order valence-electron chi connectivity index (χ0n) is 20.2. The van der Waals surface area contributed by atoms with E-state index in [1.54, 1.807) is 37.4 Å². The van der Waals surface area contributed by atoms with E-state index in [0.29, 0.717) is 29.8 Å². The molecule has 0 spiro atoms. The maximum atomic E-state index is 13.0. The lowest BCUT2D eigenvalue weighted by Crippen LogP contribution is -2.58. The van der Waals surface area contributed by atoms with Crippen molar-refractivity contribution in [1.82, 2.24) is 14.5 Å². The normalized spacial score (nSPS) is 20.1. The van der Waals surface area contributed by atoms with Crippen LogP contribution in [-0.2, 0) is 13.2 Å². The standard InChI is InChI=1S/C26H28F3N5O/c1-5-21-15-33(23-12-24(35)32(4)22-11-10-20(13-30)31-25(22)23)16(2)14-34(21)17(3)18-6-8-19(9-7-18)26(27,28)29/h6-12,16-17,21H,5,14-15H2,1-4H3/t16-,17?,21+/m0/s1. The lowest BCUT2D eigenvalue weighted by molar-refractivity contribution is -0.137. The maximum Gasteiger partial charge on any atom is 0.416 e. The van der Waals surface area contributed by atoms with E-state index >= 15 is 0 Å². The van der Waals surface area contributed by atoms with Crippen LogP contribution in [0.5, 0.6) is 0 Å². The number of hydrogen-bond acceptors (Lipinski definition) is 5. The van der Waals surface area contributed by atoms with Gasteiger partial charge in [-0.3, -0.25) is 9.69 Å². The minimum atomic E-state index is -4.36. The number of anilines is 1. The van der Waals surface area contributed by atoms with E-state index in [0.717, 1.165) is 24.1 Å². The molecule has 0 amide bonds. The summed E-state index contributed by atoms with van der Waals surface area (Å²) in [5, 5.41) is 9.36. The fourth-order valence-electron chi connectivity index (χ4n) is 4.97. The van der Waals surface area contributed by atoms with Crippen LogP contribution in [0.25, 0.3) is 11.0 Å². The van der Waals surface area contributed by atoms with Crippen molar-refractivity contribution in [1.29, 1.82) is 5.26 Å². The number of piperazine rings is 1. The van der Waals surface area contributed by atoms with E-state index in [1.807, 2.05) is 6.92 Å². The number of halogens is 3. The predicted octanol–water partition coefficient (Wildman–Crippen LogP) is 4.87. The number of rotatable bonds is 4. The summed E-state index contributed by atoms with van der Waals surface area (Å²) in [6.07, 6.45) is -3.53. The van der Waals surface area contributed by atoms with Crippen LogP contribution in [0.15, 0.2) is 47.3 Å². The highest BCUT2D eigenvalue weighted by atomic mass is 19.4. The third-order valence-corrected chi connectivity index (χ3v) is 7.07. The molecule has 3 heterocycles. The van der Waals surface area contributed by atoms with Gasteiger partial charge in [0, 0.05) is 44.3 Å². The molecule has 0 aliphatic carbocycles. The first-order valence-corrected chi connectivity index (χ1v) is 11.7.